The van der Waals surface area contributed by atoms with Gasteiger partial charge in [0.1, 0.15) is 0 Å². The predicted octanol–water partition coefficient (Wildman–Crippen LogP) is 2.05. The molecule has 0 saturated heterocycles. The largest absolute Gasteiger partial charge is 0.390 e. The minimum atomic E-state index is -0.384. The van der Waals surface area contributed by atoms with Gasteiger partial charge >= 0.3 is 0 Å². The first-order valence-electron chi connectivity index (χ1n) is 6.05. The van der Waals surface area contributed by atoms with Gasteiger partial charge in [-0.15, -0.1) is 0 Å². The number of aliphatic hydroxyl groups is 1. The molecule has 2 fully saturated rings. The third-order valence-corrected chi connectivity index (χ3v) is 4.09. The summed E-state index contributed by atoms with van der Waals surface area (Å²) in [6.45, 7) is 2.34. The molecule has 0 aromatic rings. The number of rotatable bonds is 2. The Morgan fingerprint density at radius 3 is 2.29 bits per heavy atom. The van der Waals surface area contributed by atoms with Crippen molar-refractivity contribution in [2.45, 2.75) is 63.5 Å². The smallest absolute Gasteiger partial charge is 0.0680 e. The Hall–Kier alpha value is -0.0800. The third-order valence-electron chi connectivity index (χ3n) is 4.09. The molecule has 0 aromatic carbocycles. The summed E-state index contributed by atoms with van der Waals surface area (Å²) in [6, 6.07) is 0.266. The standard InChI is InChI=1S/C12H23NO/c1-9-2-4-10(5-3-9)6-12(14)7-11(13)8-12/h9-11,14H,2-8,13H2,1H3. The first-order valence-corrected chi connectivity index (χ1v) is 6.05. The summed E-state index contributed by atoms with van der Waals surface area (Å²) in [4.78, 5) is 0. The van der Waals surface area contributed by atoms with Crippen LogP contribution in [0.25, 0.3) is 0 Å². The molecule has 0 heterocycles. The Labute approximate surface area is 86.9 Å². The van der Waals surface area contributed by atoms with Crippen molar-refractivity contribution in [1.29, 1.82) is 0 Å². The Bertz CT molecular complexity index is 190. The predicted molar refractivity (Wildman–Crippen MR) is 57.9 cm³/mol. The van der Waals surface area contributed by atoms with E-state index in [1.807, 2.05) is 0 Å². The Morgan fingerprint density at radius 1 is 1.21 bits per heavy atom. The summed E-state index contributed by atoms with van der Waals surface area (Å²) in [5.41, 5.74) is 5.34. The fourth-order valence-electron chi connectivity index (χ4n) is 3.15. The van der Waals surface area contributed by atoms with Gasteiger partial charge in [-0.25, -0.2) is 0 Å². The zero-order valence-corrected chi connectivity index (χ0v) is 9.21. The molecule has 0 aliphatic heterocycles. The molecule has 0 atom stereocenters. The van der Waals surface area contributed by atoms with E-state index in [0.29, 0.717) is 0 Å². The van der Waals surface area contributed by atoms with Gasteiger partial charge in [0.15, 0.2) is 0 Å². The first kappa shape index (κ1) is 10.4. The molecule has 0 amide bonds. The van der Waals surface area contributed by atoms with Crippen LogP contribution in [0.3, 0.4) is 0 Å². The van der Waals surface area contributed by atoms with Gasteiger partial charge in [0.2, 0.25) is 0 Å². The Balaban J connectivity index is 1.75. The molecule has 3 N–H and O–H groups in total. The fourth-order valence-corrected chi connectivity index (χ4v) is 3.15. The molecule has 0 bridgehead atoms. The molecule has 0 unspecified atom stereocenters. The van der Waals surface area contributed by atoms with Crippen molar-refractivity contribution in [3.05, 3.63) is 0 Å². The molecule has 82 valence electrons. The van der Waals surface area contributed by atoms with Gasteiger partial charge in [-0.05, 0) is 31.1 Å². The number of hydrogen-bond acceptors (Lipinski definition) is 2. The van der Waals surface area contributed by atoms with Crippen molar-refractivity contribution in [3.8, 4) is 0 Å². The van der Waals surface area contributed by atoms with Gasteiger partial charge in [-0.1, -0.05) is 32.6 Å². The van der Waals surface area contributed by atoms with E-state index in [1.54, 1.807) is 0 Å². The van der Waals surface area contributed by atoms with Gasteiger partial charge in [-0.2, -0.15) is 0 Å². The zero-order valence-electron chi connectivity index (χ0n) is 9.21. The lowest BCUT2D eigenvalue weighted by Crippen LogP contribution is -2.52. The van der Waals surface area contributed by atoms with Crippen LogP contribution >= 0.6 is 0 Å². The third kappa shape index (κ3) is 2.29. The molecule has 2 aliphatic rings. The quantitative estimate of drug-likeness (QED) is 0.711. The van der Waals surface area contributed by atoms with Crippen molar-refractivity contribution in [1.82, 2.24) is 0 Å². The summed E-state index contributed by atoms with van der Waals surface area (Å²) in [5, 5.41) is 10.1. The summed E-state index contributed by atoms with van der Waals surface area (Å²) >= 11 is 0. The summed E-state index contributed by atoms with van der Waals surface area (Å²) in [5.74, 6) is 1.67. The van der Waals surface area contributed by atoms with E-state index >= 15 is 0 Å². The van der Waals surface area contributed by atoms with Gasteiger partial charge in [0, 0.05) is 6.04 Å². The highest BCUT2D eigenvalue weighted by atomic mass is 16.3. The molecule has 2 heteroatoms. The molecular formula is C12H23NO. The molecule has 14 heavy (non-hydrogen) atoms. The molecule has 0 aromatic heterocycles. The SMILES string of the molecule is CC1CCC(CC2(O)CC(N)C2)CC1. The first-order chi connectivity index (χ1) is 6.57. The van der Waals surface area contributed by atoms with Crippen molar-refractivity contribution in [3.63, 3.8) is 0 Å². The van der Waals surface area contributed by atoms with Gasteiger partial charge in [-0.3, -0.25) is 0 Å². The monoisotopic (exact) mass is 197 g/mol. The van der Waals surface area contributed by atoms with Crippen LogP contribution in [0.1, 0.15) is 51.9 Å². The fraction of sp³-hybridized carbons (Fsp3) is 1.00. The maximum absolute atomic E-state index is 10.1. The van der Waals surface area contributed by atoms with Crippen LogP contribution in [0.2, 0.25) is 0 Å². The van der Waals surface area contributed by atoms with Crippen LogP contribution in [0.15, 0.2) is 0 Å². The average molecular weight is 197 g/mol. The van der Waals surface area contributed by atoms with E-state index in [0.717, 1.165) is 31.1 Å². The summed E-state index contributed by atoms with van der Waals surface area (Å²) in [6.07, 6.45) is 8.02. The number of nitrogens with two attached hydrogens (primary N) is 1. The lowest BCUT2D eigenvalue weighted by molar-refractivity contribution is -0.0686. The summed E-state index contributed by atoms with van der Waals surface area (Å²) < 4.78 is 0. The van der Waals surface area contributed by atoms with Crippen LogP contribution in [-0.4, -0.2) is 16.7 Å². The van der Waals surface area contributed by atoms with Crippen LogP contribution in [-0.2, 0) is 0 Å². The van der Waals surface area contributed by atoms with Crippen molar-refractivity contribution in [2.24, 2.45) is 17.6 Å². The minimum absolute atomic E-state index is 0.266. The number of hydrogen-bond donors (Lipinski definition) is 2. The second-order valence-corrected chi connectivity index (χ2v) is 5.72. The van der Waals surface area contributed by atoms with Crippen LogP contribution in [0.4, 0.5) is 0 Å². The molecule has 0 spiro atoms. The Kier molecular flexibility index (Phi) is 2.85. The van der Waals surface area contributed by atoms with Crippen LogP contribution in [0.5, 0.6) is 0 Å². The topological polar surface area (TPSA) is 46.2 Å². The average Bonchev–Trinajstić information content (AvgIpc) is 2.07. The van der Waals surface area contributed by atoms with E-state index < -0.39 is 0 Å². The van der Waals surface area contributed by atoms with Crippen LogP contribution < -0.4 is 5.73 Å². The molecule has 0 radical (unpaired) electrons. The lowest BCUT2D eigenvalue weighted by atomic mass is 9.68. The summed E-state index contributed by atoms with van der Waals surface area (Å²) in [7, 11) is 0. The van der Waals surface area contributed by atoms with Crippen molar-refractivity contribution < 1.29 is 5.11 Å². The maximum atomic E-state index is 10.1. The van der Waals surface area contributed by atoms with E-state index in [2.05, 4.69) is 6.92 Å². The van der Waals surface area contributed by atoms with Gasteiger partial charge in [0.25, 0.3) is 0 Å². The molecule has 2 aliphatic carbocycles. The minimum Gasteiger partial charge on any atom is -0.390 e. The van der Waals surface area contributed by atoms with Crippen molar-refractivity contribution in [2.75, 3.05) is 0 Å². The Morgan fingerprint density at radius 2 is 1.79 bits per heavy atom. The normalized spacial score (nSPS) is 48.6. The maximum Gasteiger partial charge on any atom is 0.0680 e. The van der Waals surface area contributed by atoms with E-state index in [9.17, 15) is 5.11 Å². The van der Waals surface area contributed by atoms with Crippen molar-refractivity contribution >= 4 is 0 Å². The lowest BCUT2D eigenvalue weighted by Gasteiger charge is -2.44. The highest BCUT2D eigenvalue weighted by Crippen LogP contribution is 2.41. The molecule has 2 saturated carbocycles. The van der Waals surface area contributed by atoms with E-state index in [4.69, 9.17) is 5.73 Å². The molecule has 2 rings (SSSR count). The zero-order chi connectivity index (χ0) is 10.2. The van der Waals surface area contributed by atoms with E-state index in [1.165, 1.54) is 25.7 Å². The molecule has 2 nitrogen and oxygen atoms in total. The highest BCUT2D eigenvalue weighted by Gasteiger charge is 2.42. The van der Waals surface area contributed by atoms with Gasteiger partial charge < -0.3 is 10.8 Å². The van der Waals surface area contributed by atoms with Crippen LogP contribution in [0, 0.1) is 11.8 Å². The highest BCUT2D eigenvalue weighted by molar-refractivity contribution is 4.98. The van der Waals surface area contributed by atoms with Gasteiger partial charge in [0.05, 0.1) is 5.60 Å². The van der Waals surface area contributed by atoms with E-state index in [-0.39, 0.29) is 11.6 Å². The second kappa shape index (κ2) is 3.82. The molecular weight excluding hydrogens is 174 g/mol. The second-order valence-electron chi connectivity index (χ2n) is 5.72.